The smallest absolute Gasteiger partial charge is 0.427 e. The van der Waals surface area contributed by atoms with Gasteiger partial charge >= 0.3 is 7.12 Å². The predicted octanol–water partition coefficient (Wildman–Crippen LogP) is 2.26. The van der Waals surface area contributed by atoms with Crippen molar-refractivity contribution in [3.8, 4) is 0 Å². The zero-order valence-corrected chi connectivity index (χ0v) is 14.3. The summed E-state index contributed by atoms with van der Waals surface area (Å²) in [4.78, 5) is 2.52. The van der Waals surface area contributed by atoms with Gasteiger partial charge in [0.15, 0.2) is 0 Å². The molecule has 1 atom stereocenters. The minimum atomic E-state index is -1.18. The van der Waals surface area contributed by atoms with Gasteiger partial charge in [-0.25, -0.2) is 0 Å². The molecule has 0 radical (unpaired) electrons. The fourth-order valence-electron chi connectivity index (χ4n) is 3.63. The van der Waals surface area contributed by atoms with Gasteiger partial charge in [0.1, 0.15) is 0 Å². The molecule has 0 aliphatic carbocycles. The van der Waals surface area contributed by atoms with Crippen molar-refractivity contribution in [2.24, 2.45) is 11.7 Å². The van der Waals surface area contributed by atoms with E-state index in [2.05, 4.69) is 42.2 Å². The van der Waals surface area contributed by atoms with Crippen LogP contribution in [0, 0.1) is 5.92 Å². The van der Waals surface area contributed by atoms with E-state index in [9.17, 15) is 0 Å². The number of piperidine rings is 1. The van der Waals surface area contributed by atoms with Crippen molar-refractivity contribution in [2.75, 3.05) is 13.1 Å². The highest BCUT2D eigenvalue weighted by molar-refractivity contribution is 6.40. The van der Waals surface area contributed by atoms with Gasteiger partial charge in [0.2, 0.25) is 0 Å². The molecule has 1 aromatic rings. The quantitative estimate of drug-likeness (QED) is 0.508. The number of hydrogen-bond donors (Lipinski definition) is 3. The largest absolute Gasteiger partial charge is 0.451 e. The van der Waals surface area contributed by atoms with Crippen molar-refractivity contribution in [2.45, 2.75) is 57.4 Å². The van der Waals surface area contributed by atoms with Gasteiger partial charge in [0.05, 0.1) is 0 Å². The Morgan fingerprint density at radius 2 is 1.83 bits per heavy atom. The Morgan fingerprint density at radius 3 is 2.43 bits per heavy atom. The maximum atomic E-state index is 8.90. The third-order valence-corrected chi connectivity index (χ3v) is 5.20. The monoisotopic (exact) mass is 318 g/mol. The van der Waals surface area contributed by atoms with E-state index in [0.717, 1.165) is 51.7 Å². The van der Waals surface area contributed by atoms with Crippen LogP contribution in [-0.2, 0) is 6.54 Å². The van der Waals surface area contributed by atoms with Crippen molar-refractivity contribution in [1.82, 2.24) is 4.90 Å². The van der Waals surface area contributed by atoms with E-state index in [0.29, 0.717) is 12.2 Å². The second kappa shape index (κ2) is 8.83. The minimum absolute atomic E-state index is 0.140. The maximum Gasteiger partial charge on any atom is 0.451 e. The van der Waals surface area contributed by atoms with Gasteiger partial charge in [-0.1, -0.05) is 43.2 Å². The Labute approximate surface area is 140 Å². The van der Waals surface area contributed by atoms with Crippen LogP contribution in [0.4, 0.5) is 0 Å². The van der Waals surface area contributed by atoms with Crippen LogP contribution >= 0.6 is 0 Å². The molecule has 0 bridgehead atoms. The first-order chi connectivity index (χ1) is 11.0. The zero-order valence-electron chi connectivity index (χ0n) is 14.3. The molecule has 0 saturated carbocycles. The van der Waals surface area contributed by atoms with Gasteiger partial charge in [-0.05, 0) is 57.1 Å². The number of rotatable bonds is 8. The average Bonchev–Trinajstić information content (AvgIpc) is 2.53. The fraction of sp³-hybridized carbons (Fsp3) is 0.667. The van der Waals surface area contributed by atoms with Crippen LogP contribution in [0.1, 0.15) is 44.6 Å². The SMILES string of the molecule is CC(N)(CCCCB(O)O)C1CCN(Cc2ccccc2)CC1. The molecule has 1 aliphatic heterocycles. The number of likely N-dealkylation sites (tertiary alicyclic amines) is 1. The summed E-state index contributed by atoms with van der Waals surface area (Å²) in [5.41, 5.74) is 7.80. The third-order valence-electron chi connectivity index (χ3n) is 5.20. The summed E-state index contributed by atoms with van der Waals surface area (Å²) < 4.78 is 0. The summed E-state index contributed by atoms with van der Waals surface area (Å²) in [6.45, 7) is 5.42. The van der Waals surface area contributed by atoms with Gasteiger partial charge in [-0.2, -0.15) is 0 Å². The molecule has 4 nitrogen and oxygen atoms in total. The highest BCUT2D eigenvalue weighted by atomic mass is 16.4. The molecule has 1 heterocycles. The molecule has 23 heavy (non-hydrogen) atoms. The number of hydrogen-bond acceptors (Lipinski definition) is 4. The van der Waals surface area contributed by atoms with Gasteiger partial charge in [0.25, 0.3) is 0 Å². The van der Waals surface area contributed by atoms with Gasteiger partial charge in [-0.3, -0.25) is 4.90 Å². The highest BCUT2D eigenvalue weighted by Gasteiger charge is 2.32. The Kier molecular flexibility index (Phi) is 7.09. The Bertz CT molecular complexity index is 446. The Balaban J connectivity index is 1.72. The topological polar surface area (TPSA) is 69.7 Å². The maximum absolute atomic E-state index is 8.90. The van der Waals surface area contributed by atoms with Crippen LogP contribution in [0.5, 0.6) is 0 Å². The number of benzene rings is 1. The lowest BCUT2D eigenvalue weighted by molar-refractivity contribution is 0.125. The Hall–Kier alpha value is -0.875. The van der Waals surface area contributed by atoms with Crippen molar-refractivity contribution >= 4 is 7.12 Å². The average molecular weight is 318 g/mol. The lowest BCUT2D eigenvalue weighted by Gasteiger charge is -2.40. The van der Waals surface area contributed by atoms with Crippen LogP contribution in [0.25, 0.3) is 0 Å². The molecular formula is C18H31BN2O2. The lowest BCUT2D eigenvalue weighted by atomic mass is 9.75. The lowest BCUT2D eigenvalue weighted by Crippen LogP contribution is -2.49. The highest BCUT2D eigenvalue weighted by Crippen LogP contribution is 2.31. The van der Waals surface area contributed by atoms with Gasteiger partial charge < -0.3 is 15.8 Å². The van der Waals surface area contributed by atoms with E-state index in [1.54, 1.807) is 0 Å². The Morgan fingerprint density at radius 1 is 1.17 bits per heavy atom. The molecule has 0 aromatic heterocycles. The third kappa shape index (κ3) is 6.26. The van der Waals surface area contributed by atoms with Crippen molar-refractivity contribution in [3.05, 3.63) is 35.9 Å². The molecule has 1 saturated heterocycles. The zero-order chi connectivity index (χ0) is 16.7. The van der Waals surface area contributed by atoms with Crippen LogP contribution in [-0.4, -0.2) is 40.7 Å². The number of nitrogens with zero attached hydrogens (tertiary/aromatic N) is 1. The molecule has 1 fully saturated rings. The fourth-order valence-corrected chi connectivity index (χ4v) is 3.63. The van der Waals surface area contributed by atoms with Crippen LogP contribution in [0.3, 0.4) is 0 Å². The first kappa shape index (κ1) is 18.5. The van der Waals surface area contributed by atoms with Crippen molar-refractivity contribution < 1.29 is 10.0 Å². The molecule has 1 unspecified atom stereocenters. The molecule has 0 spiro atoms. The molecule has 2 rings (SSSR count). The van der Waals surface area contributed by atoms with E-state index in [4.69, 9.17) is 15.8 Å². The predicted molar refractivity (Wildman–Crippen MR) is 95.9 cm³/mol. The molecule has 1 aliphatic rings. The van der Waals surface area contributed by atoms with Crippen LogP contribution < -0.4 is 5.73 Å². The van der Waals surface area contributed by atoms with Gasteiger partial charge in [0, 0.05) is 12.1 Å². The first-order valence-corrected chi connectivity index (χ1v) is 8.88. The summed E-state index contributed by atoms with van der Waals surface area (Å²) in [6.07, 6.45) is 5.52. The standard InChI is InChI=1S/C18H31BN2O2/c1-18(20,11-5-6-12-19(22)23)17-9-13-21(14-10-17)15-16-7-3-2-4-8-16/h2-4,7-8,17,22-23H,5-6,9-15,20H2,1H3. The van der Waals surface area contributed by atoms with Crippen molar-refractivity contribution in [1.29, 1.82) is 0 Å². The summed E-state index contributed by atoms with van der Waals surface area (Å²) in [6, 6.07) is 10.6. The van der Waals surface area contributed by atoms with Crippen LogP contribution in [0.2, 0.25) is 6.32 Å². The second-order valence-electron chi connectivity index (χ2n) is 7.27. The molecule has 128 valence electrons. The molecule has 0 amide bonds. The number of nitrogens with two attached hydrogens (primary N) is 1. The van der Waals surface area contributed by atoms with E-state index >= 15 is 0 Å². The minimum Gasteiger partial charge on any atom is -0.427 e. The van der Waals surface area contributed by atoms with Crippen molar-refractivity contribution in [3.63, 3.8) is 0 Å². The summed E-state index contributed by atoms with van der Waals surface area (Å²) in [5.74, 6) is 0.563. The van der Waals surface area contributed by atoms with Crippen LogP contribution in [0.15, 0.2) is 30.3 Å². The normalized spacial score (nSPS) is 19.5. The number of unbranched alkanes of at least 4 members (excludes halogenated alkanes) is 1. The molecular weight excluding hydrogens is 287 g/mol. The van der Waals surface area contributed by atoms with E-state index in [1.807, 2.05) is 0 Å². The summed E-state index contributed by atoms with van der Waals surface area (Å²) in [7, 11) is -1.18. The second-order valence-corrected chi connectivity index (χ2v) is 7.27. The molecule has 5 heteroatoms. The molecule has 1 aromatic carbocycles. The van der Waals surface area contributed by atoms with Gasteiger partial charge in [-0.15, -0.1) is 0 Å². The summed E-state index contributed by atoms with van der Waals surface area (Å²) >= 11 is 0. The van der Waals surface area contributed by atoms with E-state index in [-0.39, 0.29) is 5.54 Å². The summed E-state index contributed by atoms with van der Waals surface area (Å²) in [5, 5.41) is 17.8. The first-order valence-electron chi connectivity index (χ1n) is 8.88. The van der Waals surface area contributed by atoms with E-state index in [1.165, 1.54) is 5.56 Å². The molecule has 4 N–H and O–H groups in total. The van der Waals surface area contributed by atoms with E-state index < -0.39 is 7.12 Å².